The van der Waals surface area contributed by atoms with E-state index in [2.05, 4.69) is 10.6 Å². The highest BCUT2D eigenvalue weighted by molar-refractivity contribution is 7.99. The van der Waals surface area contributed by atoms with E-state index in [1.54, 1.807) is 31.3 Å². The number of carbonyl (C=O) groups is 1. The summed E-state index contributed by atoms with van der Waals surface area (Å²) in [6, 6.07) is 32.4. The monoisotopic (exact) mass is 900 g/mol. The van der Waals surface area contributed by atoms with Crippen LogP contribution in [0.4, 0.5) is 24.5 Å². The highest BCUT2D eigenvalue weighted by atomic mass is 35.5. The van der Waals surface area contributed by atoms with Crippen molar-refractivity contribution in [2.45, 2.75) is 51.6 Å². The van der Waals surface area contributed by atoms with E-state index >= 15 is 0 Å². The number of aliphatic hydroxyl groups is 1. The third-order valence-electron chi connectivity index (χ3n) is 10.3. The van der Waals surface area contributed by atoms with Crippen LogP contribution in [0.3, 0.4) is 0 Å². The first-order valence-electron chi connectivity index (χ1n) is 19.1. The van der Waals surface area contributed by atoms with E-state index < -0.39 is 58.9 Å². The van der Waals surface area contributed by atoms with Crippen molar-refractivity contribution >= 4 is 60.5 Å². The zero-order valence-electron chi connectivity index (χ0n) is 32.4. The molecule has 60 heavy (non-hydrogen) atoms. The van der Waals surface area contributed by atoms with E-state index in [1.165, 1.54) is 23.9 Å². The minimum Gasteiger partial charge on any atom is -0.388 e. The van der Waals surface area contributed by atoms with Gasteiger partial charge >= 0.3 is 5.51 Å². The molecule has 318 valence electrons. The maximum absolute atomic E-state index is 14.0. The second-order valence-electron chi connectivity index (χ2n) is 14.3. The van der Waals surface area contributed by atoms with E-state index in [1.807, 2.05) is 76.4 Å². The lowest BCUT2D eigenvalue weighted by molar-refractivity contribution is -0.0435. The van der Waals surface area contributed by atoms with Gasteiger partial charge in [0.25, 0.3) is 25.8 Å². The number of hydrogen-bond donors (Lipinski definition) is 4. The molecule has 0 aromatic heterocycles. The SMILES string of the molecule is CNCC[C@H](CSc1ccccc1)Nc1ccc(S(=O)(=O)NC(=O)c2cccc(N3CCC([C@H](O)c4ccccc4-c4ccc(Cl)cc4)CC3)c2)cc1S(=O)(=O)C(F)(F)F. The number of benzene rings is 5. The van der Waals surface area contributed by atoms with Crippen molar-refractivity contribution in [1.29, 1.82) is 0 Å². The predicted molar refractivity (Wildman–Crippen MR) is 231 cm³/mol. The molecule has 0 bridgehead atoms. The Morgan fingerprint density at radius 3 is 2.25 bits per heavy atom. The fraction of sp³-hybridized carbons (Fsp3) is 0.279. The van der Waals surface area contributed by atoms with Gasteiger partial charge in [-0.3, -0.25) is 4.79 Å². The highest BCUT2D eigenvalue weighted by Gasteiger charge is 2.48. The minimum absolute atomic E-state index is 0.0418. The summed E-state index contributed by atoms with van der Waals surface area (Å²) >= 11 is 7.51. The van der Waals surface area contributed by atoms with E-state index in [0.29, 0.717) is 61.4 Å². The lowest BCUT2D eigenvalue weighted by atomic mass is 9.84. The molecule has 0 radical (unpaired) electrons. The number of alkyl halides is 3. The van der Waals surface area contributed by atoms with Gasteiger partial charge in [-0.1, -0.05) is 72.3 Å². The second-order valence-corrected chi connectivity index (χ2v) is 19.4. The average Bonchev–Trinajstić information content (AvgIpc) is 3.24. The van der Waals surface area contributed by atoms with Crippen LogP contribution in [0, 0.1) is 5.92 Å². The molecule has 17 heteroatoms. The molecule has 0 saturated carbocycles. The normalized spacial score (nSPS) is 15.0. The number of carbonyl (C=O) groups excluding carboxylic acids is 1. The Balaban J connectivity index is 1.16. The molecule has 1 amide bonds. The van der Waals surface area contributed by atoms with Crippen molar-refractivity contribution in [2.24, 2.45) is 5.92 Å². The summed E-state index contributed by atoms with van der Waals surface area (Å²) in [5, 5.41) is 18.0. The number of piperidine rings is 1. The smallest absolute Gasteiger partial charge is 0.388 e. The number of hydrogen-bond acceptors (Lipinski definition) is 10. The van der Waals surface area contributed by atoms with E-state index in [0.717, 1.165) is 33.7 Å². The first-order valence-corrected chi connectivity index (χ1v) is 23.4. The average molecular weight is 901 g/mol. The van der Waals surface area contributed by atoms with Gasteiger partial charge in [-0.25, -0.2) is 21.6 Å². The number of aliphatic hydroxyl groups excluding tert-OH is 1. The molecule has 1 fully saturated rings. The number of nitrogens with one attached hydrogen (secondary N) is 3. The summed E-state index contributed by atoms with van der Waals surface area (Å²) < 4.78 is 96.8. The molecule has 10 nitrogen and oxygen atoms in total. The Hall–Kier alpha value is -4.58. The minimum atomic E-state index is -6.05. The molecule has 1 heterocycles. The standard InChI is InChI=1S/C43H44ClF3N4O6S3/c1-48-23-20-33(28-58-35-10-3-2-4-11-35)49-39-19-18-36(27-40(39)59(54,55)43(45,46)47)60(56,57)50-42(53)31-8-7-9-34(26-31)51-24-21-30(22-25-51)41(52)38-13-6-5-12-37(38)29-14-16-32(44)17-15-29/h2-19,26-27,30,33,41,48-49,52H,20-25,28H2,1H3,(H,50,53)/t33-,41+/m1/s1. The van der Waals surface area contributed by atoms with Crippen molar-refractivity contribution in [2.75, 3.05) is 42.7 Å². The molecule has 5 aromatic rings. The fourth-order valence-electron chi connectivity index (χ4n) is 7.04. The number of sulfonamides is 1. The maximum Gasteiger partial charge on any atom is 0.501 e. The Morgan fingerprint density at radius 2 is 1.57 bits per heavy atom. The molecule has 5 aromatic carbocycles. The lowest BCUT2D eigenvalue weighted by Crippen LogP contribution is -2.36. The van der Waals surface area contributed by atoms with Gasteiger partial charge in [-0.05, 0) is 116 Å². The molecule has 0 spiro atoms. The molecule has 1 saturated heterocycles. The van der Waals surface area contributed by atoms with Crippen molar-refractivity contribution in [3.63, 3.8) is 0 Å². The third-order valence-corrected chi connectivity index (χ3v) is 14.6. The Labute approximate surface area is 357 Å². The lowest BCUT2D eigenvalue weighted by Gasteiger charge is -2.36. The van der Waals surface area contributed by atoms with Crippen LogP contribution in [-0.4, -0.2) is 71.8 Å². The fourth-order valence-corrected chi connectivity index (χ4v) is 10.2. The molecule has 0 aliphatic carbocycles. The maximum atomic E-state index is 14.0. The second kappa shape index (κ2) is 19.4. The largest absolute Gasteiger partial charge is 0.501 e. The van der Waals surface area contributed by atoms with Crippen LogP contribution in [0.25, 0.3) is 11.1 Å². The summed E-state index contributed by atoms with van der Waals surface area (Å²) in [7, 11) is -9.22. The molecular formula is C43H44ClF3N4O6S3. The molecule has 1 aliphatic heterocycles. The van der Waals surface area contributed by atoms with Gasteiger partial charge in [0.15, 0.2) is 0 Å². The summed E-state index contributed by atoms with van der Waals surface area (Å²) in [4.78, 5) is 14.2. The zero-order valence-corrected chi connectivity index (χ0v) is 35.6. The topological polar surface area (TPSA) is 145 Å². The van der Waals surface area contributed by atoms with Crippen LogP contribution in [-0.2, 0) is 19.9 Å². The van der Waals surface area contributed by atoms with Gasteiger partial charge in [0.05, 0.1) is 16.7 Å². The number of amides is 1. The zero-order chi connectivity index (χ0) is 43.1. The predicted octanol–water partition coefficient (Wildman–Crippen LogP) is 8.55. The number of thioether (sulfide) groups is 1. The quantitative estimate of drug-likeness (QED) is 0.0712. The molecule has 6 rings (SSSR count). The number of nitrogens with zero attached hydrogens (tertiary/aromatic N) is 1. The molecule has 0 unspecified atom stereocenters. The third kappa shape index (κ3) is 10.8. The molecule has 4 N–H and O–H groups in total. The van der Waals surface area contributed by atoms with Crippen molar-refractivity contribution < 1.29 is 39.9 Å². The van der Waals surface area contributed by atoms with Gasteiger partial charge in [0.2, 0.25) is 0 Å². The number of rotatable bonds is 16. The van der Waals surface area contributed by atoms with Crippen molar-refractivity contribution in [3.05, 3.63) is 137 Å². The number of sulfone groups is 1. The Morgan fingerprint density at radius 1 is 0.883 bits per heavy atom. The van der Waals surface area contributed by atoms with Crippen molar-refractivity contribution in [1.82, 2.24) is 10.0 Å². The van der Waals surface area contributed by atoms with Crippen LogP contribution in [0.1, 0.15) is 41.3 Å². The van der Waals surface area contributed by atoms with Gasteiger partial charge in [-0.15, -0.1) is 11.8 Å². The van der Waals surface area contributed by atoms with Crippen LogP contribution < -0.4 is 20.3 Å². The van der Waals surface area contributed by atoms with Crippen LogP contribution in [0.5, 0.6) is 0 Å². The van der Waals surface area contributed by atoms with E-state index in [9.17, 15) is 39.9 Å². The van der Waals surface area contributed by atoms with Crippen LogP contribution >= 0.6 is 23.4 Å². The summed E-state index contributed by atoms with van der Waals surface area (Å²) in [6.07, 6.45) is 0.904. The molecule has 1 aliphatic rings. The van der Waals surface area contributed by atoms with E-state index in [-0.39, 0.29) is 11.5 Å². The Kier molecular flexibility index (Phi) is 14.6. The van der Waals surface area contributed by atoms with Gasteiger partial charge in [0, 0.05) is 46.1 Å². The van der Waals surface area contributed by atoms with Crippen LogP contribution in [0.15, 0.2) is 136 Å². The van der Waals surface area contributed by atoms with Gasteiger partial charge in [0.1, 0.15) is 4.90 Å². The van der Waals surface area contributed by atoms with Crippen LogP contribution in [0.2, 0.25) is 5.02 Å². The number of anilines is 2. The summed E-state index contributed by atoms with van der Waals surface area (Å²) in [5.74, 6) is -0.772. The summed E-state index contributed by atoms with van der Waals surface area (Å²) in [6.45, 7) is 1.52. The first-order chi connectivity index (χ1) is 28.6. The van der Waals surface area contributed by atoms with E-state index in [4.69, 9.17) is 11.6 Å². The number of halogens is 4. The highest BCUT2D eigenvalue weighted by Crippen LogP contribution is 2.39. The van der Waals surface area contributed by atoms with Gasteiger partial charge in [-0.2, -0.15) is 13.2 Å². The van der Waals surface area contributed by atoms with Gasteiger partial charge < -0.3 is 20.6 Å². The Bertz CT molecular complexity index is 2490. The summed E-state index contributed by atoms with van der Waals surface area (Å²) in [5.41, 5.74) is -2.94. The van der Waals surface area contributed by atoms with Crippen molar-refractivity contribution in [3.8, 4) is 11.1 Å². The first kappa shape index (κ1) is 45.0. The molecule has 2 atom stereocenters. The molecular weight excluding hydrogens is 857 g/mol.